The van der Waals surface area contributed by atoms with E-state index in [1.807, 2.05) is 25.1 Å². The Balaban J connectivity index is 1.77. The Labute approximate surface area is 155 Å². The Hall–Kier alpha value is -2.87. The van der Waals surface area contributed by atoms with Gasteiger partial charge in [-0.3, -0.25) is 9.72 Å². The summed E-state index contributed by atoms with van der Waals surface area (Å²) in [5.74, 6) is 0.802. The Morgan fingerprint density at radius 1 is 1.35 bits per heavy atom. The Kier molecular flexibility index (Phi) is 5.22. The minimum absolute atomic E-state index is 0.227. The predicted octanol–water partition coefficient (Wildman–Crippen LogP) is 3.66. The molecule has 3 rings (SSSR count). The number of hydrogen-bond acceptors (Lipinski definition) is 6. The number of aryl methyl sites for hydroxylation is 1. The lowest BCUT2D eigenvalue weighted by Crippen LogP contribution is -2.19. The molecule has 136 valence electrons. The van der Waals surface area contributed by atoms with Gasteiger partial charge < -0.3 is 10.1 Å². The molecule has 3 aromatic rings. The fourth-order valence-corrected chi connectivity index (χ4v) is 2.51. The lowest BCUT2D eigenvalue weighted by atomic mass is 10.1. The van der Waals surface area contributed by atoms with Gasteiger partial charge in [0.05, 0.1) is 6.10 Å². The summed E-state index contributed by atoms with van der Waals surface area (Å²) in [6.07, 6.45) is 2.44. The van der Waals surface area contributed by atoms with Crippen molar-refractivity contribution in [2.75, 3.05) is 10.6 Å². The number of rotatable bonds is 5. The number of amides is 1. The highest BCUT2D eigenvalue weighted by molar-refractivity contribution is 6.31. The highest BCUT2D eigenvalue weighted by Crippen LogP contribution is 2.19. The van der Waals surface area contributed by atoms with E-state index < -0.39 is 6.09 Å². The van der Waals surface area contributed by atoms with Gasteiger partial charge in [-0.2, -0.15) is 0 Å². The molecule has 0 aliphatic heterocycles. The van der Waals surface area contributed by atoms with E-state index in [0.717, 1.165) is 11.1 Å². The number of hydrogen-bond donors (Lipinski definition) is 2. The van der Waals surface area contributed by atoms with Crippen LogP contribution in [0.2, 0.25) is 5.02 Å². The first-order valence-electron chi connectivity index (χ1n) is 8.10. The van der Waals surface area contributed by atoms with Crippen LogP contribution in [0.15, 0.2) is 30.6 Å². The standard InChI is InChI=1S/C17H19ClN6O2/c1-10(2)26-17(25)21-16-23-22-15-14(19-6-7-24(15)16)20-9-12-5-4-11(3)13(18)8-12/h4-8,10H,9H2,1-3H3,(H,19,20)(H,21,23,25). The molecule has 9 heteroatoms. The summed E-state index contributed by atoms with van der Waals surface area (Å²) >= 11 is 6.16. The number of aromatic nitrogens is 4. The van der Waals surface area contributed by atoms with Gasteiger partial charge in [-0.15, -0.1) is 10.2 Å². The summed E-state index contributed by atoms with van der Waals surface area (Å²) in [6, 6.07) is 5.86. The average molecular weight is 375 g/mol. The van der Waals surface area contributed by atoms with Crippen LogP contribution in [-0.2, 0) is 11.3 Å². The van der Waals surface area contributed by atoms with Gasteiger partial charge in [-0.1, -0.05) is 23.7 Å². The number of benzene rings is 1. The molecule has 1 aromatic carbocycles. The van der Waals surface area contributed by atoms with Crippen LogP contribution in [0.3, 0.4) is 0 Å². The van der Waals surface area contributed by atoms with E-state index >= 15 is 0 Å². The predicted molar refractivity (Wildman–Crippen MR) is 99.5 cm³/mol. The minimum atomic E-state index is -0.588. The maximum Gasteiger partial charge on any atom is 0.414 e. The maximum atomic E-state index is 11.8. The van der Waals surface area contributed by atoms with E-state index in [-0.39, 0.29) is 12.1 Å². The van der Waals surface area contributed by atoms with Gasteiger partial charge in [0.1, 0.15) is 0 Å². The number of halogens is 1. The zero-order chi connectivity index (χ0) is 18.7. The van der Waals surface area contributed by atoms with Crippen molar-refractivity contribution in [3.05, 3.63) is 46.7 Å². The Morgan fingerprint density at radius 3 is 2.88 bits per heavy atom. The topological polar surface area (TPSA) is 93.4 Å². The maximum absolute atomic E-state index is 11.8. The number of nitrogens with one attached hydrogen (secondary N) is 2. The molecule has 0 aliphatic rings. The molecule has 0 saturated carbocycles. The van der Waals surface area contributed by atoms with E-state index in [0.29, 0.717) is 23.0 Å². The van der Waals surface area contributed by atoms with Crippen molar-refractivity contribution in [1.29, 1.82) is 0 Å². The summed E-state index contributed by atoms with van der Waals surface area (Å²) in [6.45, 7) is 6.02. The molecule has 0 saturated heterocycles. The van der Waals surface area contributed by atoms with Crippen LogP contribution >= 0.6 is 11.6 Å². The number of anilines is 2. The van der Waals surface area contributed by atoms with Crippen molar-refractivity contribution in [3.8, 4) is 0 Å². The molecular weight excluding hydrogens is 356 g/mol. The largest absolute Gasteiger partial charge is 0.447 e. The van der Waals surface area contributed by atoms with Crippen molar-refractivity contribution in [2.24, 2.45) is 0 Å². The van der Waals surface area contributed by atoms with Crippen molar-refractivity contribution in [1.82, 2.24) is 19.6 Å². The second-order valence-corrected chi connectivity index (χ2v) is 6.42. The molecule has 2 heterocycles. The van der Waals surface area contributed by atoms with Gasteiger partial charge in [0.25, 0.3) is 0 Å². The van der Waals surface area contributed by atoms with Crippen molar-refractivity contribution >= 4 is 35.1 Å². The molecule has 1 amide bonds. The molecule has 2 N–H and O–H groups in total. The van der Waals surface area contributed by atoms with Gasteiger partial charge in [0.2, 0.25) is 11.6 Å². The molecular formula is C17H19ClN6O2. The van der Waals surface area contributed by atoms with Crippen molar-refractivity contribution in [2.45, 2.75) is 33.4 Å². The number of nitrogens with zero attached hydrogens (tertiary/aromatic N) is 4. The molecule has 26 heavy (non-hydrogen) atoms. The second kappa shape index (κ2) is 7.57. The van der Waals surface area contributed by atoms with Crippen LogP contribution in [0.4, 0.5) is 16.6 Å². The summed E-state index contributed by atoms with van der Waals surface area (Å²) < 4.78 is 6.68. The lowest BCUT2D eigenvalue weighted by molar-refractivity contribution is 0.129. The first-order valence-corrected chi connectivity index (χ1v) is 8.48. The highest BCUT2D eigenvalue weighted by atomic mass is 35.5. The highest BCUT2D eigenvalue weighted by Gasteiger charge is 2.14. The van der Waals surface area contributed by atoms with E-state index in [1.54, 1.807) is 30.6 Å². The third-order valence-corrected chi connectivity index (χ3v) is 3.99. The third-order valence-electron chi connectivity index (χ3n) is 3.58. The molecule has 0 bridgehead atoms. The third kappa shape index (κ3) is 4.02. The zero-order valence-electron chi connectivity index (χ0n) is 14.7. The normalized spacial score (nSPS) is 11.0. The minimum Gasteiger partial charge on any atom is -0.447 e. The summed E-state index contributed by atoms with van der Waals surface area (Å²) in [5, 5.41) is 14.6. The van der Waals surface area contributed by atoms with E-state index in [1.165, 1.54) is 0 Å². The van der Waals surface area contributed by atoms with E-state index in [4.69, 9.17) is 16.3 Å². The SMILES string of the molecule is Cc1ccc(CNc2nccn3c(NC(=O)OC(C)C)nnc23)cc1Cl. The van der Waals surface area contributed by atoms with Gasteiger partial charge >= 0.3 is 6.09 Å². The second-order valence-electron chi connectivity index (χ2n) is 6.01. The van der Waals surface area contributed by atoms with Crippen molar-refractivity contribution < 1.29 is 9.53 Å². The van der Waals surface area contributed by atoms with Crippen LogP contribution in [0, 0.1) is 6.92 Å². The first-order chi connectivity index (χ1) is 12.4. The lowest BCUT2D eigenvalue weighted by Gasteiger charge is -2.09. The van der Waals surface area contributed by atoms with Crippen LogP contribution in [0.5, 0.6) is 0 Å². The molecule has 0 unspecified atom stereocenters. The summed E-state index contributed by atoms with van der Waals surface area (Å²) in [4.78, 5) is 16.1. The Morgan fingerprint density at radius 2 is 2.15 bits per heavy atom. The summed E-state index contributed by atoms with van der Waals surface area (Å²) in [7, 11) is 0. The first kappa shape index (κ1) is 17.9. The van der Waals surface area contributed by atoms with Crippen LogP contribution < -0.4 is 10.6 Å². The van der Waals surface area contributed by atoms with Gasteiger partial charge in [-0.25, -0.2) is 9.78 Å². The van der Waals surface area contributed by atoms with E-state index in [9.17, 15) is 4.79 Å². The van der Waals surface area contributed by atoms with Crippen LogP contribution in [-0.4, -0.2) is 31.8 Å². The van der Waals surface area contributed by atoms with Crippen LogP contribution in [0.1, 0.15) is 25.0 Å². The number of ether oxygens (including phenoxy) is 1. The van der Waals surface area contributed by atoms with Gasteiger partial charge in [0.15, 0.2) is 5.82 Å². The van der Waals surface area contributed by atoms with E-state index in [2.05, 4.69) is 25.8 Å². The Bertz CT molecular complexity index is 940. The molecule has 0 spiro atoms. The number of carbonyl (C=O) groups excluding carboxylic acids is 1. The average Bonchev–Trinajstić information content (AvgIpc) is 2.99. The van der Waals surface area contributed by atoms with Crippen molar-refractivity contribution in [3.63, 3.8) is 0 Å². The number of carbonyl (C=O) groups is 1. The van der Waals surface area contributed by atoms with Gasteiger partial charge in [-0.05, 0) is 38.0 Å². The van der Waals surface area contributed by atoms with Crippen LogP contribution in [0.25, 0.3) is 5.65 Å². The smallest absolute Gasteiger partial charge is 0.414 e. The molecule has 0 aliphatic carbocycles. The molecule has 0 radical (unpaired) electrons. The fraction of sp³-hybridized carbons (Fsp3) is 0.294. The quantitative estimate of drug-likeness (QED) is 0.708. The monoisotopic (exact) mass is 374 g/mol. The number of fused-ring (bicyclic) bond motifs is 1. The van der Waals surface area contributed by atoms with Gasteiger partial charge in [0, 0.05) is 24.0 Å². The summed E-state index contributed by atoms with van der Waals surface area (Å²) in [5.41, 5.74) is 2.53. The molecule has 0 atom stereocenters. The molecule has 8 nitrogen and oxygen atoms in total. The molecule has 0 fully saturated rings. The fourth-order valence-electron chi connectivity index (χ4n) is 2.30. The molecule has 2 aromatic heterocycles. The zero-order valence-corrected chi connectivity index (χ0v) is 15.4.